The average molecular weight is 413 g/mol. The fourth-order valence-electron chi connectivity index (χ4n) is 1.76. The number of alkyl carbamates (subject to hydrolysis) is 2. The Morgan fingerprint density at radius 2 is 1.25 bits per heavy atom. The van der Waals surface area contributed by atoms with Crippen LogP contribution < -0.4 is 10.6 Å². The first kappa shape index (κ1) is 23.4. The number of guanidine groups is 1. The monoisotopic (exact) mass is 413 g/mol. The molecular formula is C18H27N3O6S. The van der Waals surface area contributed by atoms with Gasteiger partial charge in [-0.25, -0.2) is 9.59 Å². The summed E-state index contributed by atoms with van der Waals surface area (Å²) in [5.74, 6) is -0.635. The molecule has 9 nitrogen and oxygen atoms in total. The van der Waals surface area contributed by atoms with Gasteiger partial charge in [0.05, 0.1) is 4.90 Å². The van der Waals surface area contributed by atoms with Crippen LogP contribution in [0.2, 0.25) is 0 Å². The number of hydrogen-bond acceptors (Lipinski definition) is 6. The van der Waals surface area contributed by atoms with Crippen LogP contribution in [0, 0.1) is 6.92 Å². The molecule has 0 heterocycles. The molecule has 156 valence electrons. The second kappa shape index (κ2) is 8.59. The number of amides is 2. The van der Waals surface area contributed by atoms with E-state index < -0.39 is 39.4 Å². The van der Waals surface area contributed by atoms with Crippen LogP contribution >= 0.6 is 0 Å². The lowest BCUT2D eigenvalue weighted by atomic mass is 10.2. The summed E-state index contributed by atoms with van der Waals surface area (Å²) in [6.45, 7) is 11.6. The van der Waals surface area contributed by atoms with Gasteiger partial charge in [0, 0.05) is 0 Å². The highest BCUT2D eigenvalue weighted by atomic mass is 32.2. The molecule has 0 saturated heterocycles. The number of nitrogens with one attached hydrogen (secondary N) is 2. The molecule has 1 rings (SSSR count). The molecule has 2 N–H and O–H groups in total. The number of benzene rings is 1. The van der Waals surface area contributed by atoms with Gasteiger partial charge in [0.1, 0.15) is 11.2 Å². The number of aryl methyl sites for hydroxylation is 1. The molecule has 1 aromatic carbocycles. The summed E-state index contributed by atoms with van der Waals surface area (Å²) in [5.41, 5.74) is -0.810. The van der Waals surface area contributed by atoms with Crippen molar-refractivity contribution in [3.63, 3.8) is 0 Å². The lowest BCUT2D eigenvalue weighted by Crippen LogP contribution is -2.47. The van der Waals surface area contributed by atoms with Gasteiger partial charge in [-0.3, -0.25) is 10.6 Å². The summed E-state index contributed by atoms with van der Waals surface area (Å²) in [6.07, 6.45) is -1.97. The molecule has 0 spiro atoms. The van der Waals surface area contributed by atoms with E-state index in [1.54, 1.807) is 60.6 Å². The number of hydrogen-bond donors (Lipinski definition) is 2. The van der Waals surface area contributed by atoms with Gasteiger partial charge in [-0.15, -0.1) is 4.40 Å². The largest absolute Gasteiger partial charge is 0.444 e. The molecule has 0 aromatic heterocycles. The molecule has 1 aromatic rings. The Hall–Kier alpha value is -2.62. The average Bonchev–Trinajstić information content (AvgIpc) is 2.42. The summed E-state index contributed by atoms with van der Waals surface area (Å²) < 4.78 is 38.7. The molecule has 28 heavy (non-hydrogen) atoms. The topological polar surface area (TPSA) is 123 Å². The third kappa shape index (κ3) is 8.85. The van der Waals surface area contributed by atoms with Crippen molar-refractivity contribution >= 4 is 28.2 Å². The van der Waals surface area contributed by atoms with Crippen LogP contribution in [-0.2, 0) is 19.5 Å². The SMILES string of the molecule is Cc1ccc(S(=O)(=O)N=C(NC(=O)OC(C)(C)C)NC(=O)OC(C)(C)C)cc1. The van der Waals surface area contributed by atoms with Crippen LogP contribution in [0.4, 0.5) is 9.59 Å². The maximum Gasteiger partial charge on any atom is 0.414 e. The predicted molar refractivity (Wildman–Crippen MR) is 105 cm³/mol. The minimum atomic E-state index is -4.21. The first-order valence-corrected chi connectivity index (χ1v) is 9.93. The van der Waals surface area contributed by atoms with Crippen LogP contribution in [0.5, 0.6) is 0 Å². The Labute approximate surface area is 165 Å². The zero-order valence-electron chi connectivity index (χ0n) is 17.1. The van der Waals surface area contributed by atoms with Crippen molar-refractivity contribution in [1.82, 2.24) is 10.6 Å². The molecule has 2 amide bonds. The molecule has 0 unspecified atom stereocenters. The molecule has 0 aliphatic carbocycles. The van der Waals surface area contributed by atoms with Crippen LogP contribution in [-0.4, -0.2) is 37.8 Å². The number of carbonyl (C=O) groups is 2. The van der Waals surface area contributed by atoms with Crippen molar-refractivity contribution in [2.45, 2.75) is 64.6 Å². The quantitative estimate of drug-likeness (QED) is 0.567. The Balaban J connectivity index is 3.17. The van der Waals surface area contributed by atoms with E-state index in [9.17, 15) is 18.0 Å². The number of nitrogens with zero attached hydrogens (tertiary/aromatic N) is 1. The van der Waals surface area contributed by atoms with Crippen LogP contribution in [0.15, 0.2) is 33.6 Å². The highest BCUT2D eigenvalue weighted by Crippen LogP contribution is 2.13. The lowest BCUT2D eigenvalue weighted by Gasteiger charge is -2.22. The van der Waals surface area contributed by atoms with Crippen molar-refractivity contribution in [3.05, 3.63) is 29.8 Å². The van der Waals surface area contributed by atoms with E-state index in [-0.39, 0.29) is 4.90 Å². The zero-order valence-corrected chi connectivity index (χ0v) is 17.9. The molecule has 10 heteroatoms. The first-order valence-electron chi connectivity index (χ1n) is 8.49. The van der Waals surface area contributed by atoms with Gasteiger partial charge in [0.15, 0.2) is 0 Å². The second-order valence-electron chi connectivity index (χ2n) is 7.98. The van der Waals surface area contributed by atoms with Crippen molar-refractivity contribution in [2.24, 2.45) is 4.40 Å². The zero-order chi connectivity index (χ0) is 21.8. The van der Waals surface area contributed by atoms with Gasteiger partial charge in [-0.05, 0) is 60.6 Å². The molecule has 0 bridgehead atoms. The number of ether oxygens (including phenoxy) is 2. The van der Waals surface area contributed by atoms with Crippen molar-refractivity contribution in [3.8, 4) is 0 Å². The normalized spacial score (nSPS) is 12.0. The highest BCUT2D eigenvalue weighted by molar-refractivity contribution is 7.90. The van der Waals surface area contributed by atoms with E-state index in [2.05, 4.69) is 15.0 Å². The van der Waals surface area contributed by atoms with E-state index in [1.165, 1.54) is 12.1 Å². The Kier molecular flexibility index (Phi) is 7.19. The summed E-state index contributed by atoms with van der Waals surface area (Å²) in [4.78, 5) is 23.9. The second-order valence-corrected chi connectivity index (χ2v) is 9.59. The molecule has 0 fully saturated rings. The van der Waals surface area contributed by atoms with Crippen LogP contribution in [0.1, 0.15) is 47.1 Å². The summed E-state index contributed by atoms with van der Waals surface area (Å²) in [6, 6.07) is 5.94. The summed E-state index contributed by atoms with van der Waals surface area (Å²) in [5, 5.41) is 4.25. The third-order valence-electron chi connectivity index (χ3n) is 2.77. The smallest absolute Gasteiger partial charge is 0.414 e. The minimum absolute atomic E-state index is 0.104. The first-order chi connectivity index (χ1) is 12.6. The molecule has 0 saturated carbocycles. The van der Waals surface area contributed by atoms with E-state index >= 15 is 0 Å². The van der Waals surface area contributed by atoms with Crippen molar-refractivity contribution in [1.29, 1.82) is 0 Å². The van der Waals surface area contributed by atoms with Crippen LogP contribution in [0.25, 0.3) is 0 Å². The Morgan fingerprint density at radius 3 is 1.61 bits per heavy atom. The van der Waals surface area contributed by atoms with Gasteiger partial charge in [-0.1, -0.05) is 17.7 Å². The molecule has 0 aliphatic rings. The standard InChI is InChI=1S/C18H27N3O6S/c1-12-8-10-13(11-9-12)28(24,25)21-14(19-15(22)26-17(2,3)4)20-16(23)27-18(5,6)7/h8-11H,1-7H3,(H2,19,20,21,22,23). The van der Waals surface area contributed by atoms with Gasteiger partial charge in [0.25, 0.3) is 10.0 Å². The van der Waals surface area contributed by atoms with Gasteiger partial charge >= 0.3 is 12.2 Å². The maximum atomic E-state index is 12.5. The molecule has 0 atom stereocenters. The predicted octanol–water partition coefficient (Wildman–Crippen LogP) is 3.09. The minimum Gasteiger partial charge on any atom is -0.444 e. The van der Waals surface area contributed by atoms with Crippen LogP contribution in [0.3, 0.4) is 0 Å². The Morgan fingerprint density at radius 1 is 0.857 bits per heavy atom. The number of carbonyl (C=O) groups excluding carboxylic acids is 2. The van der Waals surface area contributed by atoms with Gasteiger partial charge < -0.3 is 9.47 Å². The fraction of sp³-hybridized carbons (Fsp3) is 0.500. The van der Waals surface area contributed by atoms with Crippen molar-refractivity contribution < 1.29 is 27.5 Å². The number of sulfonamides is 1. The third-order valence-corrected chi connectivity index (χ3v) is 4.06. The van der Waals surface area contributed by atoms with E-state index in [1.807, 2.05) is 0 Å². The fourth-order valence-corrected chi connectivity index (χ4v) is 2.68. The van der Waals surface area contributed by atoms with E-state index in [0.717, 1.165) is 5.56 Å². The maximum absolute atomic E-state index is 12.5. The van der Waals surface area contributed by atoms with E-state index in [4.69, 9.17) is 9.47 Å². The van der Waals surface area contributed by atoms with Gasteiger partial charge in [0.2, 0.25) is 5.96 Å². The van der Waals surface area contributed by atoms with E-state index in [0.29, 0.717) is 0 Å². The highest BCUT2D eigenvalue weighted by Gasteiger charge is 2.23. The lowest BCUT2D eigenvalue weighted by molar-refractivity contribution is 0.0545. The van der Waals surface area contributed by atoms with Crippen molar-refractivity contribution in [2.75, 3.05) is 0 Å². The summed E-state index contributed by atoms with van der Waals surface area (Å²) in [7, 11) is -4.21. The molecule has 0 radical (unpaired) electrons. The number of rotatable bonds is 2. The summed E-state index contributed by atoms with van der Waals surface area (Å²) >= 11 is 0. The Bertz CT molecular complexity index is 815. The molecule has 0 aliphatic heterocycles. The molecular weight excluding hydrogens is 386 g/mol. The van der Waals surface area contributed by atoms with Gasteiger partial charge in [-0.2, -0.15) is 8.42 Å².